The second-order valence-corrected chi connectivity index (χ2v) is 12.4. The van der Waals surface area contributed by atoms with Crippen LogP contribution in [0, 0.1) is 11.8 Å². The predicted octanol–water partition coefficient (Wildman–Crippen LogP) is 6.19. The van der Waals surface area contributed by atoms with Crippen LogP contribution in [0.5, 0.6) is 5.75 Å². The fraction of sp³-hybridized carbons (Fsp3) is 0.606. The molecule has 0 N–H and O–H groups in total. The lowest BCUT2D eigenvalue weighted by molar-refractivity contribution is -0.143. The monoisotopic (exact) mass is 500 g/mol. The molecular formula is C33H44N2O2. The molecule has 0 aromatic heterocycles. The number of likely N-dealkylation sites (N-methyl/N-ethyl adjacent to an activating group) is 1. The van der Waals surface area contributed by atoms with Gasteiger partial charge < -0.3 is 14.5 Å². The first kappa shape index (κ1) is 25.0. The second kappa shape index (κ2) is 10.4. The average molecular weight is 501 g/mol. The molecule has 1 amide bonds. The van der Waals surface area contributed by atoms with Crippen LogP contribution in [0.15, 0.2) is 48.5 Å². The van der Waals surface area contributed by atoms with Crippen LogP contribution in [-0.2, 0) is 16.6 Å². The Labute approximate surface area is 223 Å². The lowest BCUT2D eigenvalue weighted by Gasteiger charge is -2.48. The SMILES string of the molecule is COc1cccc2c1CCC[C@]21CN(C)C[C@H]1C(=O)N1CC[C@@H](c2ccccc2)C[C@H]1C1CCCCC1. The number of amides is 1. The number of piperidine rings is 1. The van der Waals surface area contributed by atoms with Crippen LogP contribution in [0.3, 0.4) is 0 Å². The smallest absolute Gasteiger partial charge is 0.228 e. The Morgan fingerprint density at radius 3 is 2.57 bits per heavy atom. The lowest BCUT2D eigenvalue weighted by Crippen LogP contribution is -2.55. The van der Waals surface area contributed by atoms with Crippen molar-refractivity contribution in [2.45, 2.75) is 81.6 Å². The minimum atomic E-state index is -0.0959. The number of likely N-dealkylation sites (tertiary alicyclic amines) is 2. The average Bonchev–Trinajstić information content (AvgIpc) is 3.29. The van der Waals surface area contributed by atoms with Crippen LogP contribution < -0.4 is 4.74 Å². The standard InChI is InChI=1S/C33H44N2O2/c1-34-22-29(33(23-34)19-10-15-27-28(33)16-9-17-31(27)37-2)32(36)35-20-18-26(24-11-5-3-6-12-24)21-30(35)25-13-7-4-8-14-25/h3,5-6,9,11-12,16-17,25-26,29-30H,4,7-8,10,13-15,18-23H2,1-2H3/t26-,29+,30+,33+/m1/s1. The van der Waals surface area contributed by atoms with Crippen LogP contribution >= 0.6 is 0 Å². The van der Waals surface area contributed by atoms with Crippen LogP contribution in [0.1, 0.15) is 80.4 Å². The van der Waals surface area contributed by atoms with E-state index in [4.69, 9.17) is 4.74 Å². The number of ether oxygens (including phenoxy) is 1. The topological polar surface area (TPSA) is 32.8 Å². The Morgan fingerprint density at radius 1 is 0.973 bits per heavy atom. The van der Waals surface area contributed by atoms with E-state index in [2.05, 4.69) is 65.4 Å². The van der Waals surface area contributed by atoms with Crippen LogP contribution in [0.25, 0.3) is 0 Å². The molecule has 4 atom stereocenters. The summed E-state index contributed by atoms with van der Waals surface area (Å²) >= 11 is 0. The first-order valence-electron chi connectivity index (χ1n) is 14.8. The Kier molecular flexibility index (Phi) is 7.05. The van der Waals surface area contributed by atoms with Gasteiger partial charge in [0.15, 0.2) is 0 Å². The minimum absolute atomic E-state index is 0.0306. The van der Waals surface area contributed by atoms with Crippen molar-refractivity contribution < 1.29 is 9.53 Å². The summed E-state index contributed by atoms with van der Waals surface area (Å²) in [5.74, 6) is 2.68. The zero-order valence-corrected chi connectivity index (χ0v) is 22.8. The van der Waals surface area contributed by atoms with E-state index in [1.54, 1.807) is 7.11 Å². The zero-order valence-electron chi connectivity index (χ0n) is 22.8. The maximum absolute atomic E-state index is 14.7. The summed E-state index contributed by atoms with van der Waals surface area (Å²) in [6, 6.07) is 18.0. The van der Waals surface area contributed by atoms with E-state index in [9.17, 15) is 4.79 Å². The molecule has 2 aliphatic carbocycles. The molecule has 1 spiro atoms. The van der Waals surface area contributed by atoms with Gasteiger partial charge >= 0.3 is 0 Å². The fourth-order valence-corrected chi connectivity index (χ4v) is 8.64. The molecule has 4 nitrogen and oxygen atoms in total. The van der Waals surface area contributed by atoms with Crippen molar-refractivity contribution in [2.24, 2.45) is 11.8 Å². The van der Waals surface area contributed by atoms with Gasteiger partial charge in [-0.3, -0.25) is 4.79 Å². The highest BCUT2D eigenvalue weighted by Gasteiger charge is 2.54. The van der Waals surface area contributed by atoms with E-state index >= 15 is 0 Å². The molecule has 1 saturated carbocycles. The number of carbonyl (C=O) groups excluding carboxylic acids is 1. The first-order chi connectivity index (χ1) is 18.1. The number of methoxy groups -OCH3 is 1. The van der Waals surface area contributed by atoms with E-state index in [1.807, 2.05) is 0 Å². The van der Waals surface area contributed by atoms with Gasteiger partial charge in [0.05, 0.1) is 13.0 Å². The van der Waals surface area contributed by atoms with Gasteiger partial charge in [0, 0.05) is 31.1 Å². The van der Waals surface area contributed by atoms with Gasteiger partial charge in [0.25, 0.3) is 0 Å². The van der Waals surface area contributed by atoms with E-state index < -0.39 is 0 Å². The number of rotatable bonds is 4. The zero-order chi connectivity index (χ0) is 25.4. The number of nitrogens with zero attached hydrogens (tertiary/aromatic N) is 2. The van der Waals surface area contributed by atoms with E-state index in [0.29, 0.717) is 23.8 Å². The number of benzene rings is 2. The molecule has 4 heteroatoms. The summed E-state index contributed by atoms with van der Waals surface area (Å²) in [4.78, 5) is 19.6. The van der Waals surface area contributed by atoms with Gasteiger partial charge in [-0.05, 0) is 86.6 Å². The van der Waals surface area contributed by atoms with Crippen molar-refractivity contribution in [1.29, 1.82) is 0 Å². The molecule has 2 aliphatic heterocycles. The van der Waals surface area contributed by atoms with E-state index in [0.717, 1.165) is 57.5 Å². The van der Waals surface area contributed by atoms with Gasteiger partial charge in [-0.25, -0.2) is 0 Å². The molecule has 0 unspecified atom stereocenters. The number of carbonyl (C=O) groups is 1. The molecule has 2 saturated heterocycles. The number of fused-ring (bicyclic) bond motifs is 2. The molecule has 0 bridgehead atoms. The first-order valence-corrected chi connectivity index (χ1v) is 14.8. The highest BCUT2D eigenvalue weighted by Crippen LogP contribution is 2.50. The maximum atomic E-state index is 14.7. The summed E-state index contributed by atoms with van der Waals surface area (Å²) in [6.07, 6.45) is 12.1. The van der Waals surface area contributed by atoms with E-state index in [1.165, 1.54) is 48.8 Å². The van der Waals surface area contributed by atoms with Gasteiger partial charge in [0.1, 0.15) is 5.75 Å². The Bertz CT molecular complexity index is 1090. The second-order valence-electron chi connectivity index (χ2n) is 12.4. The fourth-order valence-electron chi connectivity index (χ4n) is 8.64. The van der Waals surface area contributed by atoms with Crippen LogP contribution in [0.4, 0.5) is 0 Å². The normalized spacial score (nSPS) is 30.9. The predicted molar refractivity (Wildman–Crippen MR) is 149 cm³/mol. The van der Waals surface area contributed by atoms with Gasteiger partial charge in [-0.1, -0.05) is 61.7 Å². The number of hydrogen-bond acceptors (Lipinski definition) is 3. The Hall–Kier alpha value is -2.33. The Balaban J connectivity index is 1.33. The van der Waals surface area contributed by atoms with Crippen molar-refractivity contribution in [1.82, 2.24) is 9.80 Å². The van der Waals surface area contributed by atoms with Crippen molar-refractivity contribution in [3.8, 4) is 5.75 Å². The third-order valence-corrected chi connectivity index (χ3v) is 10.3. The summed E-state index contributed by atoms with van der Waals surface area (Å²) in [5, 5.41) is 0. The molecule has 3 fully saturated rings. The largest absolute Gasteiger partial charge is 0.496 e. The molecule has 37 heavy (non-hydrogen) atoms. The summed E-state index contributed by atoms with van der Waals surface area (Å²) < 4.78 is 5.80. The highest BCUT2D eigenvalue weighted by atomic mass is 16.5. The van der Waals surface area contributed by atoms with Crippen molar-refractivity contribution in [3.05, 3.63) is 65.2 Å². The summed E-state index contributed by atoms with van der Waals surface area (Å²) in [5.41, 5.74) is 4.09. The summed E-state index contributed by atoms with van der Waals surface area (Å²) in [7, 11) is 4.00. The molecule has 2 aromatic carbocycles. The van der Waals surface area contributed by atoms with Crippen LogP contribution in [0.2, 0.25) is 0 Å². The van der Waals surface area contributed by atoms with Crippen molar-refractivity contribution in [3.63, 3.8) is 0 Å². The molecule has 198 valence electrons. The lowest BCUT2D eigenvalue weighted by atomic mass is 9.63. The van der Waals surface area contributed by atoms with Gasteiger partial charge in [-0.2, -0.15) is 0 Å². The molecule has 4 aliphatic rings. The van der Waals surface area contributed by atoms with Gasteiger partial charge in [0.2, 0.25) is 5.91 Å². The molecule has 2 heterocycles. The number of hydrogen-bond donors (Lipinski definition) is 0. The molecule has 6 rings (SSSR count). The molecule has 0 radical (unpaired) electrons. The summed E-state index contributed by atoms with van der Waals surface area (Å²) in [6.45, 7) is 2.74. The molecular weight excluding hydrogens is 456 g/mol. The van der Waals surface area contributed by atoms with Crippen LogP contribution in [-0.4, -0.2) is 55.5 Å². The van der Waals surface area contributed by atoms with Gasteiger partial charge in [-0.15, -0.1) is 0 Å². The minimum Gasteiger partial charge on any atom is -0.496 e. The third-order valence-electron chi connectivity index (χ3n) is 10.3. The van der Waals surface area contributed by atoms with Crippen molar-refractivity contribution in [2.75, 3.05) is 33.8 Å². The maximum Gasteiger partial charge on any atom is 0.228 e. The highest BCUT2D eigenvalue weighted by molar-refractivity contribution is 5.82. The quantitative estimate of drug-likeness (QED) is 0.502. The van der Waals surface area contributed by atoms with Crippen molar-refractivity contribution >= 4 is 5.91 Å². The Morgan fingerprint density at radius 2 is 1.78 bits per heavy atom. The molecule has 2 aromatic rings. The van der Waals surface area contributed by atoms with E-state index in [-0.39, 0.29) is 11.3 Å². The third kappa shape index (κ3) is 4.50.